The number of ether oxygens (including phenoxy) is 2. The number of imide groups is 1. The van der Waals surface area contributed by atoms with E-state index in [1.54, 1.807) is 46.4 Å². The van der Waals surface area contributed by atoms with Crippen molar-refractivity contribution >= 4 is 24.1 Å². The number of hydrogen-bond acceptors (Lipinski definition) is 6. The van der Waals surface area contributed by atoms with Gasteiger partial charge >= 0.3 is 18.2 Å². The van der Waals surface area contributed by atoms with Crippen molar-refractivity contribution < 1.29 is 28.7 Å². The van der Waals surface area contributed by atoms with Gasteiger partial charge in [0, 0.05) is 19.1 Å². The number of carbonyl (C=O) groups excluding carboxylic acids is 4. The van der Waals surface area contributed by atoms with Gasteiger partial charge in [0.25, 0.3) is 5.91 Å². The smallest absolute Gasteiger partial charge is 0.410 e. The highest BCUT2D eigenvalue weighted by atomic mass is 16.6. The molecule has 5 amide bonds. The first-order valence-corrected chi connectivity index (χ1v) is 10.3. The third-order valence-electron chi connectivity index (χ3n) is 4.91. The molecule has 1 saturated carbocycles. The van der Waals surface area contributed by atoms with Crippen molar-refractivity contribution in [3.63, 3.8) is 0 Å². The summed E-state index contributed by atoms with van der Waals surface area (Å²) in [6, 6.07) is -0.653. The Bertz CT molecular complexity index is 686. The second-order valence-electron chi connectivity index (χ2n) is 9.82. The predicted molar refractivity (Wildman–Crippen MR) is 109 cm³/mol. The monoisotopic (exact) mass is 426 g/mol. The summed E-state index contributed by atoms with van der Waals surface area (Å²) in [5, 5.41) is 7.66. The van der Waals surface area contributed by atoms with Gasteiger partial charge in [0.05, 0.1) is 0 Å². The predicted octanol–water partition coefficient (Wildman–Crippen LogP) is 2.27. The van der Waals surface area contributed by atoms with E-state index in [0.717, 1.165) is 0 Å². The van der Waals surface area contributed by atoms with E-state index in [4.69, 9.17) is 9.47 Å². The Morgan fingerprint density at radius 1 is 1.07 bits per heavy atom. The van der Waals surface area contributed by atoms with E-state index < -0.39 is 35.0 Å². The Labute approximate surface area is 177 Å². The van der Waals surface area contributed by atoms with E-state index in [-0.39, 0.29) is 25.0 Å². The lowest BCUT2D eigenvalue weighted by molar-refractivity contribution is -0.125. The van der Waals surface area contributed by atoms with Gasteiger partial charge in [-0.2, -0.15) is 0 Å². The minimum atomic E-state index is -0.901. The zero-order chi connectivity index (χ0) is 22.7. The average molecular weight is 427 g/mol. The van der Waals surface area contributed by atoms with Gasteiger partial charge < -0.3 is 25.0 Å². The first-order valence-electron chi connectivity index (χ1n) is 10.3. The quantitative estimate of drug-likeness (QED) is 0.592. The molecule has 1 spiro atoms. The molecule has 3 N–H and O–H groups in total. The van der Waals surface area contributed by atoms with Crippen molar-refractivity contribution in [2.45, 2.75) is 90.0 Å². The molecule has 0 aromatic carbocycles. The summed E-state index contributed by atoms with van der Waals surface area (Å²) >= 11 is 0. The molecule has 30 heavy (non-hydrogen) atoms. The second-order valence-corrected chi connectivity index (χ2v) is 9.82. The lowest BCUT2D eigenvalue weighted by atomic mass is 9.79. The molecular formula is C20H34N4O6. The van der Waals surface area contributed by atoms with Crippen molar-refractivity contribution in [2.75, 3.05) is 13.1 Å². The van der Waals surface area contributed by atoms with Crippen LogP contribution >= 0.6 is 0 Å². The molecule has 1 aliphatic heterocycles. The third-order valence-corrected chi connectivity index (χ3v) is 4.91. The summed E-state index contributed by atoms with van der Waals surface area (Å²) in [4.78, 5) is 50.0. The molecule has 0 aromatic rings. The van der Waals surface area contributed by atoms with Crippen LogP contribution in [-0.4, -0.2) is 64.9 Å². The molecule has 0 bridgehead atoms. The number of nitrogens with one attached hydrogen (secondary N) is 3. The topological polar surface area (TPSA) is 126 Å². The summed E-state index contributed by atoms with van der Waals surface area (Å²) in [6.07, 6.45) is 0.870. The fourth-order valence-electron chi connectivity index (χ4n) is 3.62. The summed E-state index contributed by atoms with van der Waals surface area (Å²) in [5.74, 6) is -0.318. The Morgan fingerprint density at radius 3 is 2.10 bits per heavy atom. The van der Waals surface area contributed by atoms with Gasteiger partial charge in [-0.15, -0.1) is 0 Å². The first-order chi connectivity index (χ1) is 13.7. The van der Waals surface area contributed by atoms with Crippen molar-refractivity contribution in [2.24, 2.45) is 0 Å². The second kappa shape index (κ2) is 8.69. The maximum atomic E-state index is 12.8. The maximum absolute atomic E-state index is 12.8. The number of alkyl carbamates (subject to hydrolysis) is 1. The Hall–Kier alpha value is -2.52. The molecule has 0 aromatic heterocycles. The highest BCUT2D eigenvalue weighted by Gasteiger charge is 2.49. The van der Waals surface area contributed by atoms with Crippen LogP contribution < -0.4 is 16.0 Å². The van der Waals surface area contributed by atoms with Gasteiger partial charge in [0.15, 0.2) is 0 Å². The Balaban J connectivity index is 2.00. The van der Waals surface area contributed by atoms with Crippen LogP contribution in [0.15, 0.2) is 0 Å². The minimum absolute atomic E-state index is 0.170. The fraction of sp³-hybridized carbons (Fsp3) is 0.800. The van der Waals surface area contributed by atoms with Gasteiger partial charge in [-0.3, -0.25) is 10.1 Å². The van der Waals surface area contributed by atoms with Crippen LogP contribution in [0.5, 0.6) is 0 Å². The summed E-state index contributed by atoms with van der Waals surface area (Å²) in [6.45, 7) is 11.1. The van der Waals surface area contributed by atoms with Crippen LogP contribution in [0.1, 0.15) is 67.2 Å². The highest BCUT2D eigenvalue weighted by Crippen LogP contribution is 2.33. The van der Waals surface area contributed by atoms with E-state index >= 15 is 0 Å². The van der Waals surface area contributed by atoms with Crippen LogP contribution in [0.3, 0.4) is 0 Å². The molecule has 1 aliphatic carbocycles. The average Bonchev–Trinajstić information content (AvgIpc) is 2.83. The lowest BCUT2D eigenvalue weighted by Crippen LogP contribution is -2.55. The van der Waals surface area contributed by atoms with E-state index in [1.165, 1.54) is 0 Å². The van der Waals surface area contributed by atoms with Gasteiger partial charge in [-0.25, -0.2) is 14.4 Å². The largest absolute Gasteiger partial charge is 0.444 e. The molecule has 2 rings (SSSR count). The zero-order valence-electron chi connectivity index (χ0n) is 18.7. The van der Waals surface area contributed by atoms with E-state index in [2.05, 4.69) is 16.0 Å². The van der Waals surface area contributed by atoms with Crippen molar-refractivity contribution in [1.82, 2.24) is 20.9 Å². The maximum Gasteiger partial charge on any atom is 0.410 e. The first kappa shape index (κ1) is 23.8. The molecular weight excluding hydrogens is 392 g/mol. The third kappa shape index (κ3) is 6.50. The normalized spacial score (nSPS) is 24.1. The summed E-state index contributed by atoms with van der Waals surface area (Å²) in [5.41, 5.74) is -2.18. The molecule has 170 valence electrons. The van der Waals surface area contributed by atoms with Crippen LogP contribution in [-0.2, 0) is 14.3 Å². The van der Waals surface area contributed by atoms with E-state index in [0.29, 0.717) is 25.7 Å². The van der Waals surface area contributed by atoms with Gasteiger partial charge in [-0.05, 0) is 67.2 Å². The van der Waals surface area contributed by atoms with Gasteiger partial charge in [0.1, 0.15) is 16.7 Å². The number of amides is 5. The Morgan fingerprint density at radius 2 is 1.63 bits per heavy atom. The molecule has 0 radical (unpaired) electrons. The number of urea groups is 1. The summed E-state index contributed by atoms with van der Waals surface area (Å²) in [7, 11) is 0. The lowest BCUT2D eigenvalue weighted by Gasteiger charge is -2.40. The van der Waals surface area contributed by atoms with Crippen LogP contribution in [0.25, 0.3) is 0 Å². The van der Waals surface area contributed by atoms with Crippen LogP contribution in [0.2, 0.25) is 0 Å². The zero-order valence-corrected chi connectivity index (χ0v) is 18.7. The van der Waals surface area contributed by atoms with Crippen molar-refractivity contribution in [3.05, 3.63) is 0 Å². The number of hydrogen-bond donors (Lipinski definition) is 3. The molecule has 2 aliphatic rings. The van der Waals surface area contributed by atoms with Gasteiger partial charge in [0.2, 0.25) is 0 Å². The molecule has 1 saturated heterocycles. The minimum Gasteiger partial charge on any atom is -0.444 e. The van der Waals surface area contributed by atoms with Crippen molar-refractivity contribution in [1.29, 1.82) is 0 Å². The summed E-state index contributed by atoms with van der Waals surface area (Å²) < 4.78 is 10.8. The van der Waals surface area contributed by atoms with Crippen molar-refractivity contribution in [3.8, 4) is 0 Å². The number of carbonyl (C=O) groups is 4. The number of nitrogens with zero attached hydrogens (tertiary/aromatic N) is 1. The molecule has 1 heterocycles. The Kier molecular flexibility index (Phi) is 6.88. The van der Waals surface area contributed by atoms with E-state index in [1.807, 2.05) is 0 Å². The van der Waals surface area contributed by atoms with Crippen LogP contribution in [0.4, 0.5) is 14.4 Å². The molecule has 0 unspecified atom stereocenters. The number of rotatable bonds is 4. The molecule has 2 fully saturated rings. The van der Waals surface area contributed by atoms with Crippen LogP contribution in [0, 0.1) is 0 Å². The molecule has 10 heteroatoms. The fourth-order valence-corrected chi connectivity index (χ4v) is 3.62. The molecule has 0 atom stereocenters. The molecule has 10 nitrogen and oxygen atoms in total. The van der Waals surface area contributed by atoms with E-state index in [9.17, 15) is 19.2 Å². The standard InChI is InChI=1S/C20H34N4O6/c1-18(2,3)29-16(27)21-11-12-24(17(28)30-19(4,5)6)13-7-9-20(10-8-13)14(25)22-15(26)23-20/h13H,7-12H2,1-6H3,(H,21,27)(H2,22,23,25,26). The van der Waals surface area contributed by atoms with Gasteiger partial charge in [-0.1, -0.05) is 0 Å². The SMILES string of the molecule is CC(C)(C)OC(=O)NCCN(C(=O)OC(C)(C)C)C1CCC2(CC1)NC(=O)NC2=O. The highest BCUT2D eigenvalue weighted by molar-refractivity contribution is 6.07.